The Morgan fingerprint density at radius 1 is 1.25 bits per heavy atom. The van der Waals surface area contributed by atoms with Crippen LogP contribution in [0, 0.1) is 5.92 Å². The summed E-state index contributed by atoms with van der Waals surface area (Å²) >= 11 is 0. The average Bonchev–Trinajstić information content (AvgIpc) is 2.40. The maximum absolute atomic E-state index is 12.0. The highest BCUT2D eigenvalue weighted by atomic mass is 35.5. The molecule has 1 aromatic rings. The molecule has 2 rings (SSSR count). The fourth-order valence-corrected chi connectivity index (χ4v) is 2.74. The van der Waals surface area contributed by atoms with Crippen molar-refractivity contribution in [3.63, 3.8) is 0 Å². The van der Waals surface area contributed by atoms with Gasteiger partial charge in [0.05, 0.1) is 0 Å². The number of nitrogens with one attached hydrogen (secondary N) is 1. The maximum Gasteiger partial charge on any atom is 0.224 e. The fourth-order valence-electron chi connectivity index (χ4n) is 2.74. The lowest BCUT2D eigenvalue weighted by atomic mass is 9.87. The lowest BCUT2D eigenvalue weighted by Crippen LogP contribution is -2.18. The zero-order chi connectivity index (χ0) is 13.7. The summed E-state index contributed by atoms with van der Waals surface area (Å²) in [6.45, 7) is 1.96. The van der Waals surface area contributed by atoms with Gasteiger partial charge in [0.25, 0.3) is 0 Å². The number of rotatable bonds is 4. The molecule has 3 nitrogen and oxygen atoms in total. The number of carbonyl (C=O) groups is 1. The van der Waals surface area contributed by atoms with Crippen molar-refractivity contribution in [1.29, 1.82) is 0 Å². The molecule has 20 heavy (non-hydrogen) atoms. The molecule has 1 fully saturated rings. The highest BCUT2D eigenvalue weighted by Gasteiger charge is 2.16. The van der Waals surface area contributed by atoms with Gasteiger partial charge < -0.3 is 11.1 Å². The third-order valence-electron chi connectivity index (χ3n) is 3.92. The summed E-state index contributed by atoms with van der Waals surface area (Å²) in [6.07, 6.45) is 6.96. The fraction of sp³-hybridized carbons (Fsp3) is 0.562. The third-order valence-corrected chi connectivity index (χ3v) is 3.92. The lowest BCUT2D eigenvalue weighted by molar-refractivity contribution is -0.117. The molecular formula is C16H25ClN2O. The van der Waals surface area contributed by atoms with E-state index in [4.69, 9.17) is 5.73 Å². The van der Waals surface area contributed by atoms with Crippen LogP contribution in [0.5, 0.6) is 0 Å². The summed E-state index contributed by atoms with van der Waals surface area (Å²) in [5.74, 6) is 0.720. The monoisotopic (exact) mass is 296 g/mol. The Kier molecular flexibility index (Phi) is 7.03. The highest BCUT2D eigenvalue weighted by Crippen LogP contribution is 2.26. The van der Waals surface area contributed by atoms with E-state index in [1.807, 2.05) is 31.2 Å². The van der Waals surface area contributed by atoms with Gasteiger partial charge in [0.2, 0.25) is 5.91 Å². The summed E-state index contributed by atoms with van der Waals surface area (Å²) in [5.41, 5.74) is 7.76. The van der Waals surface area contributed by atoms with E-state index in [2.05, 4.69) is 5.32 Å². The van der Waals surface area contributed by atoms with E-state index in [9.17, 15) is 4.79 Å². The molecule has 1 aliphatic rings. The lowest BCUT2D eigenvalue weighted by Gasteiger charge is -2.20. The average molecular weight is 297 g/mol. The molecule has 112 valence electrons. The van der Waals surface area contributed by atoms with Gasteiger partial charge >= 0.3 is 0 Å². The molecule has 0 spiro atoms. The van der Waals surface area contributed by atoms with E-state index in [0.29, 0.717) is 12.3 Å². The predicted octanol–water partition coefficient (Wildman–Crippen LogP) is 4.04. The number of hydrogen-bond donors (Lipinski definition) is 2. The number of nitrogens with two attached hydrogens (primary N) is 1. The first-order valence-electron chi connectivity index (χ1n) is 7.30. The van der Waals surface area contributed by atoms with Crippen molar-refractivity contribution in [1.82, 2.24) is 0 Å². The summed E-state index contributed by atoms with van der Waals surface area (Å²) in [4.78, 5) is 12.0. The van der Waals surface area contributed by atoms with Crippen LogP contribution in [-0.4, -0.2) is 5.91 Å². The zero-order valence-corrected chi connectivity index (χ0v) is 12.9. The van der Waals surface area contributed by atoms with Gasteiger partial charge in [-0.15, -0.1) is 12.4 Å². The van der Waals surface area contributed by atoms with Gasteiger partial charge in [0.1, 0.15) is 0 Å². The number of hydrogen-bond acceptors (Lipinski definition) is 2. The van der Waals surface area contributed by atoms with Crippen LogP contribution in [0.15, 0.2) is 24.3 Å². The molecule has 3 N–H and O–H groups in total. The quantitative estimate of drug-likeness (QED) is 0.881. The van der Waals surface area contributed by atoms with Crippen LogP contribution in [0.2, 0.25) is 0 Å². The van der Waals surface area contributed by atoms with Crippen LogP contribution in [0.3, 0.4) is 0 Å². The molecule has 0 bridgehead atoms. The first kappa shape index (κ1) is 17.0. The van der Waals surface area contributed by atoms with Crippen molar-refractivity contribution in [3.8, 4) is 0 Å². The normalized spacial score (nSPS) is 17.1. The molecule has 1 aromatic carbocycles. The van der Waals surface area contributed by atoms with Gasteiger partial charge in [-0.3, -0.25) is 4.79 Å². The molecule has 1 aliphatic carbocycles. The van der Waals surface area contributed by atoms with Crippen LogP contribution in [0.25, 0.3) is 0 Å². The topological polar surface area (TPSA) is 55.1 Å². The molecule has 0 aliphatic heterocycles. The van der Waals surface area contributed by atoms with Crippen molar-refractivity contribution < 1.29 is 4.79 Å². The van der Waals surface area contributed by atoms with E-state index in [-0.39, 0.29) is 24.4 Å². The Bertz CT molecular complexity index is 411. The van der Waals surface area contributed by atoms with Gasteiger partial charge in [-0.1, -0.05) is 31.4 Å². The minimum Gasteiger partial charge on any atom is -0.326 e. The first-order chi connectivity index (χ1) is 9.15. The Morgan fingerprint density at radius 2 is 1.85 bits per heavy atom. The molecule has 0 saturated heterocycles. The molecule has 1 saturated carbocycles. The van der Waals surface area contributed by atoms with Crippen molar-refractivity contribution in [2.45, 2.75) is 51.5 Å². The van der Waals surface area contributed by atoms with E-state index in [0.717, 1.165) is 11.3 Å². The zero-order valence-electron chi connectivity index (χ0n) is 12.1. The second-order valence-corrected chi connectivity index (χ2v) is 5.67. The summed E-state index contributed by atoms with van der Waals surface area (Å²) in [7, 11) is 0. The van der Waals surface area contributed by atoms with Gasteiger partial charge in [-0.25, -0.2) is 0 Å². The first-order valence-corrected chi connectivity index (χ1v) is 7.30. The van der Waals surface area contributed by atoms with Crippen LogP contribution >= 0.6 is 12.4 Å². The second-order valence-electron chi connectivity index (χ2n) is 5.67. The van der Waals surface area contributed by atoms with Gasteiger partial charge in [-0.2, -0.15) is 0 Å². The highest BCUT2D eigenvalue weighted by molar-refractivity contribution is 5.90. The summed E-state index contributed by atoms with van der Waals surface area (Å²) in [6, 6.07) is 7.84. The van der Waals surface area contributed by atoms with E-state index < -0.39 is 0 Å². The third kappa shape index (κ3) is 5.14. The minimum atomic E-state index is 0. The van der Waals surface area contributed by atoms with E-state index in [1.165, 1.54) is 32.1 Å². The van der Waals surface area contributed by atoms with E-state index >= 15 is 0 Å². The van der Waals surface area contributed by atoms with Crippen LogP contribution in [0.4, 0.5) is 5.69 Å². The Balaban J connectivity index is 0.00000200. The van der Waals surface area contributed by atoms with Crippen molar-refractivity contribution in [3.05, 3.63) is 29.8 Å². The van der Waals surface area contributed by atoms with Crippen LogP contribution in [0.1, 0.15) is 57.1 Å². The number of halogens is 1. The molecule has 0 heterocycles. The number of benzene rings is 1. The molecule has 1 atom stereocenters. The van der Waals surface area contributed by atoms with Gasteiger partial charge in [-0.05, 0) is 43.4 Å². The predicted molar refractivity (Wildman–Crippen MR) is 86.1 cm³/mol. The molecule has 0 aromatic heterocycles. The molecule has 1 amide bonds. The SMILES string of the molecule is CC(N)c1ccc(NC(=O)CC2CCCCC2)cc1.Cl. The summed E-state index contributed by atoms with van der Waals surface area (Å²) < 4.78 is 0. The Labute approximate surface area is 127 Å². The van der Waals surface area contributed by atoms with Crippen molar-refractivity contribution >= 4 is 24.0 Å². The van der Waals surface area contributed by atoms with Crippen LogP contribution in [-0.2, 0) is 4.79 Å². The molecular weight excluding hydrogens is 272 g/mol. The number of anilines is 1. The maximum atomic E-state index is 12.0. The number of amides is 1. The second kappa shape index (κ2) is 8.28. The molecule has 0 radical (unpaired) electrons. The minimum absolute atomic E-state index is 0. The number of carbonyl (C=O) groups excluding carboxylic acids is 1. The summed E-state index contributed by atoms with van der Waals surface area (Å²) in [5, 5.41) is 2.98. The van der Waals surface area contributed by atoms with Crippen LogP contribution < -0.4 is 11.1 Å². The van der Waals surface area contributed by atoms with Gasteiger partial charge in [0.15, 0.2) is 0 Å². The van der Waals surface area contributed by atoms with Gasteiger partial charge in [0, 0.05) is 18.2 Å². The molecule has 4 heteroatoms. The van der Waals surface area contributed by atoms with Crippen molar-refractivity contribution in [2.75, 3.05) is 5.32 Å². The smallest absolute Gasteiger partial charge is 0.224 e. The Morgan fingerprint density at radius 3 is 2.40 bits per heavy atom. The standard InChI is InChI=1S/C16H24N2O.ClH/c1-12(17)14-7-9-15(10-8-14)18-16(19)11-13-5-3-2-4-6-13;/h7-10,12-13H,2-6,11,17H2,1H3,(H,18,19);1H. The largest absolute Gasteiger partial charge is 0.326 e. The Hall–Kier alpha value is -1.06. The van der Waals surface area contributed by atoms with E-state index in [1.54, 1.807) is 0 Å². The van der Waals surface area contributed by atoms with Crippen molar-refractivity contribution in [2.24, 2.45) is 11.7 Å². The molecule has 1 unspecified atom stereocenters.